The number of aliphatic hydroxyl groups excluding tert-OH is 3. The number of amides is 1. The molecular weight excluding hydrogens is 358 g/mol. The van der Waals surface area contributed by atoms with Gasteiger partial charge in [0, 0.05) is 13.0 Å². The summed E-state index contributed by atoms with van der Waals surface area (Å²) in [7, 11) is 0. The molecule has 0 aromatic carbocycles. The van der Waals surface area contributed by atoms with E-state index < -0.39 is 49.3 Å². The van der Waals surface area contributed by atoms with Gasteiger partial charge in [0.25, 0.3) is 0 Å². The molecule has 4 N–H and O–H groups in total. The van der Waals surface area contributed by atoms with Gasteiger partial charge in [-0.05, 0) is 18.6 Å². The highest BCUT2D eigenvalue weighted by molar-refractivity contribution is 5.76. The summed E-state index contributed by atoms with van der Waals surface area (Å²) in [4.78, 5) is 23.1. The van der Waals surface area contributed by atoms with E-state index in [-0.39, 0.29) is 12.4 Å². The van der Waals surface area contributed by atoms with Gasteiger partial charge in [-0.3, -0.25) is 9.59 Å². The second-order valence-corrected chi connectivity index (χ2v) is 6.78. The van der Waals surface area contributed by atoms with Crippen LogP contribution < -0.4 is 5.32 Å². The molecule has 27 heavy (non-hydrogen) atoms. The van der Waals surface area contributed by atoms with Crippen LogP contribution in [0.4, 0.5) is 0 Å². The number of hydrogen-bond acceptors (Lipinski definition) is 8. The van der Waals surface area contributed by atoms with Crippen LogP contribution in [-0.2, 0) is 23.8 Å². The first-order valence-corrected chi connectivity index (χ1v) is 8.65. The second-order valence-electron chi connectivity index (χ2n) is 6.78. The average molecular weight is 381 g/mol. The standard InChI is InChI=1S/C18H23NO8/c1-8-5-14(22)26-12-6-10(3-4-11(8)12)25-18-15(19-9(2)21)17(24)16(23)13(7-20)27-18/h3-4,6,12-13,15-18,20,23-24H,5,7H2,1-2H3,(H,19,21)/t12-,13+,15-,16+,17+,18+/m0/s1. The van der Waals surface area contributed by atoms with Crippen molar-refractivity contribution in [3.63, 3.8) is 0 Å². The number of allylic oxidation sites excluding steroid dienone is 1. The van der Waals surface area contributed by atoms with E-state index in [0.29, 0.717) is 5.76 Å². The normalized spacial score (nSPS) is 35.9. The maximum absolute atomic E-state index is 11.6. The lowest BCUT2D eigenvalue weighted by atomic mass is 9.94. The quantitative estimate of drug-likeness (QED) is 0.457. The Kier molecular flexibility index (Phi) is 5.66. The fourth-order valence-electron chi connectivity index (χ4n) is 3.33. The largest absolute Gasteiger partial charge is 0.463 e. The Bertz CT molecular complexity index is 712. The first-order chi connectivity index (χ1) is 12.8. The topological polar surface area (TPSA) is 135 Å². The zero-order valence-electron chi connectivity index (χ0n) is 15.0. The molecule has 148 valence electrons. The summed E-state index contributed by atoms with van der Waals surface area (Å²) in [6.07, 6.45) is -0.352. The third kappa shape index (κ3) is 4.06. The SMILES string of the molecule is CC(=O)N[C@@H]1[C@H](OC2=C[C@@H]3OC(=O)CC(C)=C3C=C2)O[C@H](CO)[C@@H](O)[C@@H]1O. The Balaban J connectivity index is 1.80. The molecule has 1 fully saturated rings. The van der Waals surface area contributed by atoms with E-state index in [9.17, 15) is 24.9 Å². The number of ether oxygens (including phenoxy) is 3. The van der Waals surface area contributed by atoms with E-state index in [2.05, 4.69) is 5.32 Å². The van der Waals surface area contributed by atoms with Crippen molar-refractivity contribution in [3.05, 3.63) is 35.1 Å². The van der Waals surface area contributed by atoms with Crippen LogP contribution in [0, 0.1) is 0 Å². The highest BCUT2D eigenvalue weighted by Crippen LogP contribution is 2.31. The fourth-order valence-corrected chi connectivity index (χ4v) is 3.33. The van der Waals surface area contributed by atoms with Crippen molar-refractivity contribution >= 4 is 11.9 Å². The lowest BCUT2D eigenvalue weighted by molar-refractivity contribution is -0.258. The lowest BCUT2D eigenvalue weighted by Crippen LogP contribution is -2.64. The maximum Gasteiger partial charge on any atom is 0.310 e. The molecule has 0 radical (unpaired) electrons. The first kappa shape index (κ1) is 19.6. The number of esters is 1. The Morgan fingerprint density at radius 3 is 2.74 bits per heavy atom. The number of carbonyl (C=O) groups excluding carboxylic acids is 2. The van der Waals surface area contributed by atoms with Crippen LogP contribution in [0.15, 0.2) is 35.1 Å². The molecule has 2 aliphatic heterocycles. The Labute approximate surface area is 155 Å². The Hall–Kier alpha value is -2.20. The average Bonchev–Trinajstić information content (AvgIpc) is 2.60. The van der Waals surface area contributed by atoms with Crippen molar-refractivity contribution in [2.75, 3.05) is 6.61 Å². The maximum atomic E-state index is 11.6. The lowest BCUT2D eigenvalue weighted by Gasteiger charge is -2.42. The van der Waals surface area contributed by atoms with Gasteiger partial charge in [0.05, 0.1) is 13.0 Å². The molecule has 0 saturated carbocycles. The molecule has 9 heteroatoms. The fraction of sp³-hybridized carbons (Fsp3) is 0.556. The van der Waals surface area contributed by atoms with Gasteiger partial charge < -0.3 is 34.8 Å². The Morgan fingerprint density at radius 1 is 1.33 bits per heavy atom. The van der Waals surface area contributed by atoms with Gasteiger partial charge in [0.2, 0.25) is 12.2 Å². The van der Waals surface area contributed by atoms with Gasteiger partial charge in [0.1, 0.15) is 36.2 Å². The molecule has 3 aliphatic rings. The number of fused-ring (bicyclic) bond motifs is 1. The monoisotopic (exact) mass is 381 g/mol. The summed E-state index contributed by atoms with van der Waals surface area (Å²) in [6.45, 7) is 2.58. The van der Waals surface area contributed by atoms with Crippen LogP contribution in [-0.4, -0.2) is 70.6 Å². The molecule has 9 nitrogen and oxygen atoms in total. The highest BCUT2D eigenvalue weighted by atomic mass is 16.7. The first-order valence-electron chi connectivity index (χ1n) is 8.65. The number of hydrogen-bond donors (Lipinski definition) is 4. The summed E-state index contributed by atoms with van der Waals surface area (Å²) in [5.41, 5.74) is 1.78. The van der Waals surface area contributed by atoms with Crippen LogP contribution >= 0.6 is 0 Å². The molecular formula is C18H23NO8. The van der Waals surface area contributed by atoms with Crippen molar-refractivity contribution in [1.29, 1.82) is 0 Å². The number of rotatable bonds is 4. The molecule has 0 aromatic rings. The molecule has 1 aliphatic carbocycles. The number of carbonyl (C=O) groups is 2. The number of aliphatic hydroxyl groups is 3. The van der Waals surface area contributed by atoms with E-state index >= 15 is 0 Å². The molecule has 0 spiro atoms. The van der Waals surface area contributed by atoms with Crippen LogP contribution in [0.1, 0.15) is 20.3 Å². The van der Waals surface area contributed by atoms with Crippen LogP contribution in [0.25, 0.3) is 0 Å². The minimum absolute atomic E-state index is 0.235. The molecule has 2 heterocycles. The van der Waals surface area contributed by atoms with Crippen LogP contribution in [0.2, 0.25) is 0 Å². The molecule has 0 aromatic heterocycles. The van der Waals surface area contributed by atoms with E-state index in [1.54, 1.807) is 18.2 Å². The second kappa shape index (κ2) is 7.81. The summed E-state index contributed by atoms with van der Waals surface area (Å²) in [5, 5.41) is 32.2. The minimum atomic E-state index is -1.40. The predicted octanol–water partition coefficient (Wildman–Crippen LogP) is -0.968. The van der Waals surface area contributed by atoms with E-state index in [1.165, 1.54) is 6.92 Å². The molecule has 0 bridgehead atoms. The minimum Gasteiger partial charge on any atom is -0.463 e. The smallest absolute Gasteiger partial charge is 0.310 e. The zero-order valence-corrected chi connectivity index (χ0v) is 15.0. The third-order valence-electron chi connectivity index (χ3n) is 4.71. The van der Waals surface area contributed by atoms with Crippen LogP contribution in [0.5, 0.6) is 0 Å². The van der Waals surface area contributed by atoms with E-state index in [1.807, 2.05) is 6.92 Å². The van der Waals surface area contributed by atoms with Gasteiger partial charge in [-0.1, -0.05) is 11.6 Å². The molecule has 0 unspecified atom stereocenters. The van der Waals surface area contributed by atoms with E-state index in [0.717, 1.165) is 11.1 Å². The summed E-state index contributed by atoms with van der Waals surface area (Å²) < 4.78 is 16.6. The molecule has 1 saturated heterocycles. The summed E-state index contributed by atoms with van der Waals surface area (Å²) in [5.74, 6) is -0.468. The summed E-state index contributed by atoms with van der Waals surface area (Å²) >= 11 is 0. The van der Waals surface area contributed by atoms with Gasteiger partial charge in [0.15, 0.2) is 0 Å². The molecule has 6 atom stereocenters. The van der Waals surface area contributed by atoms with Crippen molar-refractivity contribution in [2.24, 2.45) is 0 Å². The van der Waals surface area contributed by atoms with Crippen LogP contribution in [0.3, 0.4) is 0 Å². The van der Waals surface area contributed by atoms with Crippen molar-refractivity contribution in [1.82, 2.24) is 5.32 Å². The van der Waals surface area contributed by atoms with Gasteiger partial charge >= 0.3 is 5.97 Å². The summed E-state index contributed by atoms with van der Waals surface area (Å²) in [6, 6.07) is -1.05. The molecule has 1 amide bonds. The molecule has 3 rings (SSSR count). The van der Waals surface area contributed by atoms with E-state index in [4.69, 9.17) is 14.2 Å². The zero-order chi connectivity index (χ0) is 19.7. The highest BCUT2D eigenvalue weighted by Gasteiger charge is 2.46. The number of nitrogens with one attached hydrogen (secondary N) is 1. The van der Waals surface area contributed by atoms with Crippen molar-refractivity contribution in [3.8, 4) is 0 Å². The van der Waals surface area contributed by atoms with Gasteiger partial charge in [-0.25, -0.2) is 0 Å². The van der Waals surface area contributed by atoms with Gasteiger partial charge in [-0.15, -0.1) is 0 Å². The predicted molar refractivity (Wildman–Crippen MR) is 90.9 cm³/mol. The van der Waals surface area contributed by atoms with Gasteiger partial charge in [-0.2, -0.15) is 0 Å². The Morgan fingerprint density at radius 2 is 2.07 bits per heavy atom. The van der Waals surface area contributed by atoms with Crippen molar-refractivity contribution in [2.45, 2.75) is 57.0 Å². The van der Waals surface area contributed by atoms with Crippen molar-refractivity contribution < 1.29 is 39.1 Å². The third-order valence-corrected chi connectivity index (χ3v) is 4.71.